The number of carbonyl (C=O) groups is 1. The van der Waals surface area contributed by atoms with Crippen LogP contribution in [-0.2, 0) is 4.79 Å². The van der Waals surface area contributed by atoms with Crippen molar-refractivity contribution in [3.8, 4) is 11.5 Å². The molecule has 0 unspecified atom stereocenters. The zero-order valence-corrected chi connectivity index (χ0v) is 18.6. The van der Waals surface area contributed by atoms with Crippen molar-refractivity contribution in [2.75, 3.05) is 25.0 Å². The van der Waals surface area contributed by atoms with E-state index in [0.717, 1.165) is 0 Å². The van der Waals surface area contributed by atoms with E-state index in [-0.39, 0.29) is 30.4 Å². The Kier molecular flexibility index (Phi) is 8.20. The quantitative estimate of drug-likeness (QED) is 0.577. The van der Waals surface area contributed by atoms with Crippen LogP contribution in [0.3, 0.4) is 0 Å². The maximum absolute atomic E-state index is 13.3. The van der Waals surface area contributed by atoms with E-state index >= 15 is 0 Å². The molecule has 1 fully saturated rings. The standard InChI is InChI=1S/C24H29F3N2O4/c1-16(2)13-24(31)11-12-29(14-21(24)32-18-9-7-17(25)8-10-18)15-22(30)28-19-5-3-4-6-20(19)33-23(26)27/h3-10,16,21,23,31H,11-15H2,1-2H3,(H,28,30)/t21-,24+/m0/s1. The average molecular weight is 467 g/mol. The number of rotatable bonds is 9. The number of hydrogen-bond donors (Lipinski definition) is 2. The molecule has 0 radical (unpaired) electrons. The number of ether oxygens (including phenoxy) is 2. The SMILES string of the molecule is CC(C)C[C@]1(O)CCN(CC(=O)Nc2ccccc2OC(F)F)C[C@@H]1Oc1ccc(F)cc1. The van der Waals surface area contributed by atoms with Gasteiger partial charge in [-0.2, -0.15) is 8.78 Å². The molecule has 2 aromatic carbocycles. The molecule has 180 valence electrons. The number of hydrogen-bond acceptors (Lipinski definition) is 5. The molecule has 0 bridgehead atoms. The van der Waals surface area contributed by atoms with E-state index in [1.165, 1.54) is 42.5 Å². The third kappa shape index (κ3) is 7.10. The van der Waals surface area contributed by atoms with Gasteiger partial charge in [0.05, 0.1) is 12.2 Å². The number of anilines is 1. The molecule has 3 rings (SSSR count). The second kappa shape index (κ2) is 10.9. The summed E-state index contributed by atoms with van der Waals surface area (Å²) in [5.41, 5.74) is -0.956. The number of nitrogens with zero attached hydrogens (tertiary/aromatic N) is 1. The van der Waals surface area contributed by atoms with Crippen LogP contribution < -0.4 is 14.8 Å². The summed E-state index contributed by atoms with van der Waals surface area (Å²) in [6.45, 7) is 1.70. The number of likely N-dealkylation sites (tertiary alicyclic amines) is 1. The summed E-state index contributed by atoms with van der Waals surface area (Å²) < 4.78 is 49.0. The van der Waals surface area contributed by atoms with Crippen molar-refractivity contribution in [3.63, 3.8) is 0 Å². The van der Waals surface area contributed by atoms with Gasteiger partial charge in [-0.1, -0.05) is 26.0 Å². The van der Waals surface area contributed by atoms with Crippen molar-refractivity contribution in [3.05, 3.63) is 54.3 Å². The minimum Gasteiger partial charge on any atom is -0.486 e. The highest BCUT2D eigenvalue weighted by Crippen LogP contribution is 2.32. The minimum absolute atomic E-state index is 0.0238. The first kappa shape index (κ1) is 24.9. The molecule has 0 aliphatic carbocycles. The van der Waals surface area contributed by atoms with Crippen LogP contribution in [0.5, 0.6) is 11.5 Å². The summed E-state index contributed by atoms with van der Waals surface area (Å²) in [6.07, 6.45) is 0.258. The Labute approximate surface area is 191 Å². The van der Waals surface area contributed by atoms with Gasteiger partial charge in [-0.05, 0) is 55.2 Å². The number of piperidine rings is 1. The number of amides is 1. The first-order chi connectivity index (χ1) is 15.6. The lowest BCUT2D eigenvalue weighted by molar-refractivity contribution is -0.129. The third-order valence-electron chi connectivity index (χ3n) is 5.48. The number of alkyl halides is 2. The summed E-state index contributed by atoms with van der Waals surface area (Å²) in [5.74, 6) is -0.278. The van der Waals surface area contributed by atoms with Gasteiger partial charge in [0.25, 0.3) is 0 Å². The molecule has 2 N–H and O–H groups in total. The molecule has 2 atom stereocenters. The van der Waals surface area contributed by atoms with Crippen LogP contribution in [0.1, 0.15) is 26.7 Å². The molecule has 0 saturated carbocycles. The molecule has 6 nitrogen and oxygen atoms in total. The topological polar surface area (TPSA) is 71.0 Å². The van der Waals surface area contributed by atoms with Crippen molar-refractivity contribution in [1.82, 2.24) is 4.90 Å². The predicted molar refractivity (Wildman–Crippen MR) is 118 cm³/mol. The number of para-hydroxylation sites is 2. The molecule has 1 amide bonds. The zero-order valence-electron chi connectivity index (χ0n) is 18.6. The number of benzene rings is 2. The second-order valence-electron chi connectivity index (χ2n) is 8.67. The lowest BCUT2D eigenvalue weighted by atomic mass is 9.81. The highest BCUT2D eigenvalue weighted by molar-refractivity contribution is 5.93. The number of aliphatic hydroxyl groups is 1. The fourth-order valence-electron chi connectivity index (χ4n) is 4.08. The van der Waals surface area contributed by atoms with Crippen LogP contribution >= 0.6 is 0 Å². The maximum Gasteiger partial charge on any atom is 0.387 e. The van der Waals surface area contributed by atoms with E-state index in [1.807, 2.05) is 18.7 Å². The molecule has 1 aliphatic rings. The highest BCUT2D eigenvalue weighted by Gasteiger charge is 2.43. The van der Waals surface area contributed by atoms with Gasteiger partial charge in [0.15, 0.2) is 0 Å². The van der Waals surface area contributed by atoms with Gasteiger partial charge in [0.2, 0.25) is 5.91 Å². The molecule has 1 heterocycles. The normalized spacial score (nSPS) is 21.3. The Bertz CT molecular complexity index is 926. The average Bonchev–Trinajstić information content (AvgIpc) is 2.73. The number of carbonyl (C=O) groups excluding carboxylic acids is 1. The van der Waals surface area contributed by atoms with Gasteiger partial charge >= 0.3 is 6.61 Å². The Morgan fingerprint density at radius 2 is 1.91 bits per heavy atom. The van der Waals surface area contributed by atoms with Gasteiger partial charge in [-0.3, -0.25) is 9.69 Å². The van der Waals surface area contributed by atoms with Crippen LogP contribution in [0.15, 0.2) is 48.5 Å². The van der Waals surface area contributed by atoms with Crippen LogP contribution in [-0.4, -0.2) is 53.9 Å². The van der Waals surface area contributed by atoms with Crippen molar-refractivity contribution in [2.45, 2.75) is 45.0 Å². The molecule has 9 heteroatoms. The Hall–Kier alpha value is -2.78. The summed E-state index contributed by atoms with van der Waals surface area (Å²) in [6, 6.07) is 11.5. The zero-order chi connectivity index (χ0) is 24.0. The van der Waals surface area contributed by atoms with Crippen molar-refractivity contribution in [1.29, 1.82) is 0 Å². The van der Waals surface area contributed by atoms with E-state index in [9.17, 15) is 23.1 Å². The summed E-state index contributed by atoms with van der Waals surface area (Å²) >= 11 is 0. The smallest absolute Gasteiger partial charge is 0.387 e. The number of halogens is 3. The van der Waals surface area contributed by atoms with E-state index in [1.54, 1.807) is 6.07 Å². The van der Waals surface area contributed by atoms with Gasteiger partial charge in [0, 0.05) is 13.1 Å². The molecular formula is C24H29F3N2O4. The summed E-state index contributed by atoms with van der Waals surface area (Å²) in [4.78, 5) is 14.4. The first-order valence-corrected chi connectivity index (χ1v) is 10.9. The lowest BCUT2D eigenvalue weighted by Gasteiger charge is -2.45. The predicted octanol–water partition coefficient (Wildman–Crippen LogP) is 4.30. The van der Waals surface area contributed by atoms with Gasteiger partial charge < -0.3 is 19.9 Å². The maximum atomic E-state index is 13.3. The van der Waals surface area contributed by atoms with E-state index in [2.05, 4.69) is 10.1 Å². The second-order valence-corrected chi connectivity index (χ2v) is 8.67. The monoisotopic (exact) mass is 466 g/mol. The molecule has 1 saturated heterocycles. The Balaban J connectivity index is 1.68. The number of nitrogens with one attached hydrogen (secondary N) is 1. The molecule has 0 aromatic heterocycles. The largest absolute Gasteiger partial charge is 0.486 e. The fourth-order valence-corrected chi connectivity index (χ4v) is 4.08. The fraction of sp³-hybridized carbons (Fsp3) is 0.458. The highest BCUT2D eigenvalue weighted by atomic mass is 19.3. The van der Waals surface area contributed by atoms with Crippen molar-refractivity contribution >= 4 is 11.6 Å². The van der Waals surface area contributed by atoms with Crippen molar-refractivity contribution in [2.24, 2.45) is 5.92 Å². The first-order valence-electron chi connectivity index (χ1n) is 10.9. The van der Waals surface area contributed by atoms with Crippen LogP contribution in [0.4, 0.5) is 18.9 Å². The summed E-state index contributed by atoms with van der Waals surface area (Å²) in [7, 11) is 0. The summed E-state index contributed by atoms with van der Waals surface area (Å²) in [5, 5.41) is 13.9. The molecule has 2 aromatic rings. The third-order valence-corrected chi connectivity index (χ3v) is 5.48. The van der Waals surface area contributed by atoms with E-state index in [4.69, 9.17) is 4.74 Å². The Morgan fingerprint density at radius 1 is 1.21 bits per heavy atom. The van der Waals surface area contributed by atoms with Crippen LogP contribution in [0.25, 0.3) is 0 Å². The molecule has 1 aliphatic heterocycles. The van der Waals surface area contributed by atoms with E-state index < -0.39 is 30.0 Å². The van der Waals surface area contributed by atoms with E-state index in [0.29, 0.717) is 25.1 Å². The van der Waals surface area contributed by atoms with Crippen LogP contribution in [0.2, 0.25) is 0 Å². The van der Waals surface area contributed by atoms with Crippen LogP contribution in [0, 0.1) is 11.7 Å². The molecule has 33 heavy (non-hydrogen) atoms. The van der Waals surface area contributed by atoms with Gasteiger partial charge in [-0.25, -0.2) is 4.39 Å². The molecule has 0 spiro atoms. The lowest BCUT2D eigenvalue weighted by Crippen LogP contribution is -2.59. The van der Waals surface area contributed by atoms with Crippen molar-refractivity contribution < 1.29 is 32.5 Å². The Morgan fingerprint density at radius 3 is 2.58 bits per heavy atom. The minimum atomic E-state index is -3.01. The molecular weight excluding hydrogens is 437 g/mol. The van der Waals surface area contributed by atoms with Gasteiger partial charge in [0.1, 0.15) is 29.0 Å². The van der Waals surface area contributed by atoms with Gasteiger partial charge in [-0.15, -0.1) is 0 Å².